The number of carbonyl (C=O) groups is 1. The van der Waals surface area contributed by atoms with E-state index in [1.54, 1.807) is 37.3 Å². The second-order valence-corrected chi connectivity index (χ2v) is 11.8. The fourth-order valence-electron chi connectivity index (χ4n) is 4.92. The molecule has 210 valence electrons. The molecule has 0 radical (unpaired) electrons. The summed E-state index contributed by atoms with van der Waals surface area (Å²) in [6.07, 6.45) is 1.06. The van der Waals surface area contributed by atoms with Gasteiger partial charge in [-0.3, -0.25) is 4.79 Å². The molecular formula is C28H41N3O6S. The van der Waals surface area contributed by atoms with E-state index >= 15 is 0 Å². The van der Waals surface area contributed by atoms with Gasteiger partial charge in [-0.05, 0) is 44.5 Å². The van der Waals surface area contributed by atoms with Crippen LogP contribution in [0.25, 0.3) is 0 Å². The van der Waals surface area contributed by atoms with Gasteiger partial charge in [-0.25, -0.2) is 8.42 Å². The number of methoxy groups -OCH3 is 2. The molecule has 1 saturated heterocycles. The summed E-state index contributed by atoms with van der Waals surface area (Å²) < 4.78 is 44.3. The minimum Gasteiger partial charge on any atom is -0.493 e. The third-order valence-corrected chi connectivity index (χ3v) is 7.43. The Hall–Kier alpha value is -2.66. The van der Waals surface area contributed by atoms with E-state index in [4.69, 9.17) is 14.2 Å². The van der Waals surface area contributed by atoms with Crippen molar-refractivity contribution < 1.29 is 27.4 Å². The van der Waals surface area contributed by atoms with Crippen molar-refractivity contribution >= 4 is 15.9 Å². The highest BCUT2D eigenvalue weighted by atomic mass is 32.2. The van der Waals surface area contributed by atoms with E-state index in [9.17, 15) is 13.2 Å². The summed E-state index contributed by atoms with van der Waals surface area (Å²) in [6.45, 7) is 8.04. The summed E-state index contributed by atoms with van der Waals surface area (Å²) in [5, 5.41) is 3.41. The lowest BCUT2D eigenvalue weighted by Crippen LogP contribution is -2.58. The standard InChI is InChI=1S/C28H41N3O6S/c1-19(2)31(28(32)22-12-13-25(36-5)26(16-22)37-15-7-14-35-4)27(30-38(6,33)34)24-18-29-17-23(24)21-10-8-20(3)9-11-21/h8-13,16,19,23-24,27,29-30H,7,14-15,17-18H2,1-6H3/t23-,24-,27?/m1/s1. The molecule has 10 heteroatoms. The van der Waals surface area contributed by atoms with Crippen LogP contribution < -0.4 is 19.5 Å². The zero-order valence-electron chi connectivity index (χ0n) is 23.2. The first-order valence-corrected chi connectivity index (χ1v) is 14.8. The number of nitrogens with one attached hydrogen (secondary N) is 2. The Kier molecular flexibility index (Phi) is 10.6. The van der Waals surface area contributed by atoms with Gasteiger partial charge in [-0.2, -0.15) is 4.72 Å². The van der Waals surface area contributed by atoms with Crippen LogP contribution in [0.3, 0.4) is 0 Å². The lowest BCUT2D eigenvalue weighted by molar-refractivity contribution is 0.0498. The number of amides is 1. The van der Waals surface area contributed by atoms with Crippen LogP contribution in [0.5, 0.6) is 11.5 Å². The van der Waals surface area contributed by atoms with Crippen molar-refractivity contribution in [3.63, 3.8) is 0 Å². The monoisotopic (exact) mass is 547 g/mol. The maximum Gasteiger partial charge on any atom is 0.255 e. The molecule has 1 aliphatic rings. The number of sulfonamides is 1. The van der Waals surface area contributed by atoms with Crippen LogP contribution in [-0.2, 0) is 14.8 Å². The molecule has 0 aromatic heterocycles. The maximum atomic E-state index is 14.0. The summed E-state index contributed by atoms with van der Waals surface area (Å²) in [5.41, 5.74) is 2.65. The molecule has 2 N–H and O–H groups in total. The van der Waals surface area contributed by atoms with Crippen LogP contribution in [0.2, 0.25) is 0 Å². The largest absolute Gasteiger partial charge is 0.493 e. The van der Waals surface area contributed by atoms with Gasteiger partial charge in [0.05, 0.1) is 20.0 Å². The van der Waals surface area contributed by atoms with Gasteiger partial charge in [0.2, 0.25) is 10.0 Å². The van der Waals surface area contributed by atoms with Gasteiger partial charge in [0, 0.05) is 56.7 Å². The Labute approximate surface area is 226 Å². The summed E-state index contributed by atoms with van der Waals surface area (Å²) in [7, 11) is -0.457. The van der Waals surface area contributed by atoms with Crippen LogP contribution in [0.4, 0.5) is 0 Å². The van der Waals surface area contributed by atoms with Crippen LogP contribution in [0, 0.1) is 12.8 Å². The molecule has 1 heterocycles. The van der Waals surface area contributed by atoms with Gasteiger partial charge < -0.3 is 24.4 Å². The van der Waals surface area contributed by atoms with Gasteiger partial charge in [-0.15, -0.1) is 0 Å². The molecule has 0 spiro atoms. The predicted octanol–water partition coefficient (Wildman–Crippen LogP) is 3.15. The first-order valence-electron chi connectivity index (χ1n) is 12.9. The molecular weight excluding hydrogens is 506 g/mol. The lowest BCUT2D eigenvalue weighted by atomic mass is 9.85. The Morgan fingerprint density at radius 3 is 2.39 bits per heavy atom. The van der Waals surface area contributed by atoms with E-state index in [-0.39, 0.29) is 23.8 Å². The van der Waals surface area contributed by atoms with E-state index in [0.29, 0.717) is 49.8 Å². The fourth-order valence-corrected chi connectivity index (χ4v) is 5.65. The third-order valence-electron chi connectivity index (χ3n) is 6.76. The van der Waals surface area contributed by atoms with Crippen molar-refractivity contribution in [3.8, 4) is 11.5 Å². The van der Waals surface area contributed by atoms with Crippen LogP contribution in [-0.4, -0.2) is 78.2 Å². The van der Waals surface area contributed by atoms with E-state index < -0.39 is 16.2 Å². The minimum absolute atomic E-state index is 0.0273. The van der Waals surface area contributed by atoms with Crippen LogP contribution >= 0.6 is 0 Å². The van der Waals surface area contributed by atoms with Gasteiger partial charge in [0.15, 0.2) is 11.5 Å². The quantitative estimate of drug-likeness (QED) is 0.293. The highest BCUT2D eigenvalue weighted by Gasteiger charge is 2.42. The molecule has 3 rings (SSSR count). The van der Waals surface area contributed by atoms with Crippen LogP contribution in [0.15, 0.2) is 42.5 Å². The average molecular weight is 548 g/mol. The molecule has 2 aromatic carbocycles. The highest BCUT2D eigenvalue weighted by Crippen LogP contribution is 2.34. The van der Waals surface area contributed by atoms with Gasteiger partial charge in [0.1, 0.15) is 6.17 Å². The van der Waals surface area contributed by atoms with Gasteiger partial charge in [0.25, 0.3) is 5.91 Å². The van der Waals surface area contributed by atoms with E-state index in [0.717, 1.165) is 17.4 Å². The fraction of sp³-hybridized carbons (Fsp3) is 0.536. The molecule has 1 aliphatic heterocycles. The Morgan fingerprint density at radius 2 is 1.79 bits per heavy atom. The number of hydrogen-bond acceptors (Lipinski definition) is 7. The lowest BCUT2D eigenvalue weighted by Gasteiger charge is -2.40. The molecule has 3 atom stereocenters. The first kappa shape index (κ1) is 29.9. The third kappa shape index (κ3) is 7.69. The summed E-state index contributed by atoms with van der Waals surface area (Å²) >= 11 is 0. The van der Waals surface area contributed by atoms with Gasteiger partial charge in [-0.1, -0.05) is 29.8 Å². The predicted molar refractivity (Wildman–Crippen MR) is 148 cm³/mol. The molecule has 1 fully saturated rings. The molecule has 0 saturated carbocycles. The zero-order valence-corrected chi connectivity index (χ0v) is 24.0. The molecule has 38 heavy (non-hydrogen) atoms. The molecule has 1 amide bonds. The maximum absolute atomic E-state index is 14.0. The topological polar surface area (TPSA) is 106 Å². The molecule has 2 aromatic rings. The normalized spacial score (nSPS) is 18.4. The second-order valence-electron chi connectivity index (χ2n) is 10.0. The zero-order chi connectivity index (χ0) is 27.9. The van der Waals surface area contributed by atoms with Crippen molar-refractivity contribution in [1.82, 2.24) is 14.9 Å². The Bertz CT molecular complexity index is 1170. The van der Waals surface area contributed by atoms with Crippen molar-refractivity contribution in [3.05, 3.63) is 59.2 Å². The van der Waals surface area contributed by atoms with Crippen molar-refractivity contribution in [2.45, 2.75) is 45.3 Å². The number of ether oxygens (including phenoxy) is 3. The van der Waals surface area contributed by atoms with Crippen molar-refractivity contribution in [1.29, 1.82) is 0 Å². The number of aryl methyl sites for hydroxylation is 1. The number of rotatable bonds is 13. The SMILES string of the molecule is COCCCOc1cc(C(=O)N(C(C)C)C(NS(C)(=O)=O)[C@@H]2CNC[C@@H]2c2ccc(C)cc2)ccc1OC. The second kappa shape index (κ2) is 13.4. The Morgan fingerprint density at radius 1 is 1.08 bits per heavy atom. The molecule has 1 unspecified atom stereocenters. The van der Waals surface area contributed by atoms with Crippen molar-refractivity contribution in [2.24, 2.45) is 5.92 Å². The van der Waals surface area contributed by atoms with Crippen LogP contribution in [0.1, 0.15) is 47.7 Å². The molecule has 9 nitrogen and oxygen atoms in total. The van der Waals surface area contributed by atoms with E-state index in [1.807, 2.05) is 20.8 Å². The highest BCUT2D eigenvalue weighted by molar-refractivity contribution is 7.88. The Balaban J connectivity index is 1.98. The number of carbonyl (C=O) groups excluding carboxylic acids is 1. The number of hydrogen-bond donors (Lipinski definition) is 2. The summed E-state index contributed by atoms with van der Waals surface area (Å²) in [5.74, 6) is 0.521. The van der Waals surface area contributed by atoms with E-state index in [2.05, 4.69) is 34.3 Å². The smallest absolute Gasteiger partial charge is 0.255 e. The van der Waals surface area contributed by atoms with Crippen molar-refractivity contribution in [2.75, 3.05) is 46.8 Å². The summed E-state index contributed by atoms with van der Waals surface area (Å²) in [6, 6.07) is 13.0. The average Bonchev–Trinajstić information content (AvgIpc) is 3.35. The number of benzene rings is 2. The summed E-state index contributed by atoms with van der Waals surface area (Å²) in [4.78, 5) is 15.7. The minimum atomic E-state index is -3.63. The molecule has 0 bridgehead atoms. The molecule has 0 aliphatic carbocycles. The van der Waals surface area contributed by atoms with E-state index in [1.165, 1.54) is 0 Å². The van der Waals surface area contributed by atoms with Gasteiger partial charge >= 0.3 is 0 Å². The number of nitrogens with zero attached hydrogens (tertiary/aromatic N) is 1. The first-order chi connectivity index (χ1) is 18.1.